The minimum Gasteiger partial charge on any atom is -0.497 e. The number of benzene rings is 1. The van der Waals surface area contributed by atoms with E-state index in [9.17, 15) is 5.11 Å². The number of aliphatic hydroxyl groups excluding tert-OH is 1. The fourth-order valence-corrected chi connectivity index (χ4v) is 2.70. The minimum absolute atomic E-state index is 0.568. The topological polar surface area (TPSA) is 41.9 Å². The lowest BCUT2D eigenvalue weighted by Gasteiger charge is -2.29. The van der Waals surface area contributed by atoms with Crippen LogP contribution in [0.3, 0.4) is 0 Å². The van der Waals surface area contributed by atoms with Gasteiger partial charge in [0, 0.05) is 25.2 Å². The average Bonchev–Trinajstić information content (AvgIpc) is 2.44. The van der Waals surface area contributed by atoms with Crippen molar-refractivity contribution in [2.75, 3.05) is 33.9 Å². The first kappa shape index (κ1) is 18.8. The summed E-state index contributed by atoms with van der Waals surface area (Å²) in [4.78, 5) is 2.32. The van der Waals surface area contributed by atoms with Crippen molar-refractivity contribution in [1.82, 2.24) is 4.90 Å². The second-order valence-electron chi connectivity index (χ2n) is 6.63. The molecule has 0 amide bonds. The Morgan fingerprint density at radius 1 is 0.955 bits per heavy atom. The summed E-state index contributed by atoms with van der Waals surface area (Å²) in [5, 5.41) is 10.7. The van der Waals surface area contributed by atoms with Gasteiger partial charge in [0.2, 0.25) is 0 Å². The zero-order valence-corrected chi connectivity index (χ0v) is 14.8. The van der Waals surface area contributed by atoms with E-state index in [1.54, 1.807) is 14.2 Å². The Labute approximate surface area is 135 Å². The smallest absolute Gasteiger partial charge is 0.124 e. The van der Waals surface area contributed by atoms with E-state index in [2.05, 4.69) is 32.6 Å². The Hall–Kier alpha value is -1.26. The lowest BCUT2D eigenvalue weighted by molar-refractivity contribution is 0.0965. The number of rotatable bonds is 9. The standard InChI is InChI=1S/C18H31NO3/c1-13(2)10-19(11-14(3)4)12-17(20)16-9-15(21-5)7-8-18(16)22-6/h7-9,13-14,17,20H,10-12H2,1-6H3. The first-order valence-electron chi connectivity index (χ1n) is 7.99. The number of ether oxygens (including phenoxy) is 2. The summed E-state index contributed by atoms with van der Waals surface area (Å²) >= 11 is 0. The van der Waals surface area contributed by atoms with Crippen molar-refractivity contribution in [2.45, 2.75) is 33.8 Å². The molecule has 22 heavy (non-hydrogen) atoms. The van der Waals surface area contributed by atoms with Crippen LogP contribution in [0, 0.1) is 11.8 Å². The van der Waals surface area contributed by atoms with Gasteiger partial charge in [-0.25, -0.2) is 0 Å². The minimum atomic E-state index is -0.595. The van der Waals surface area contributed by atoms with E-state index in [1.807, 2.05) is 18.2 Å². The number of aliphatic hydroxyl groups is 1. The summed E-state index contributed by atoms with van der Waals surface area (Å²) in [6.07, 6.45) is -0.595. The van der Waals surface area contributed by atoms with Crippen molar-refractivity contribution < 1.29 is 14.6 Å². The molecule has 1 aromatic rings. The van der Waals surface area contributed by atoms with E-state index >= 15 is 0 Å². The van der Waals surface area contributed by atoms with Gasteiger partial charge in [-0.3, -0.25) is 4.90 Å². The average molecular weight is 309 g/mol. The normalized spacial score (nSPS) is 13.0. The van der Waals surface area contributed by atoms with Gasteiger partial charge in [0.15, 0.2) is 0 Å². The molecule has 0 aliphatic carbocycles. The maximum atomic E-state index is 10.7. The van der Waals surface area contributed by atoms with Crippen LogP contribution in [0.4, 0.5) is 0 Å². The van der Waals surface area contributed by atoms with Crippen molar-refractivity contribution in [3.8, 4) is 11.5 Å². The summed E-state index contributed by atoms with van der Waals surface area (Å²) in [6.45, 7) is 11.3. The Kier molecular flexibility index (Phi) is 7.69. The van der Waals surface area contributed by atoms with Crippen LogP contribution in [-0.4, -0.2) is 43.9 Å². The van der Waals surface area contributed by atoms with Gasteiger partial charge < -0.3 is 14.6 Å². The Morgan fingerprint density at radius 2 is 1.55 bits per heavy atom. The van der Waals surface area contributed by atoms with E-state index in [0.29, 0.717) is 24.1 Å². The van der Waals surface area contributed by atoms with Gasteiger partial charge in [0.1, 0.15) is 11.5 Å². The van der Waals surface area contributed by atoms with Gasteiger partial charge in [-0.2, -0.15) is 0 Å². The largest absolute Gasteiger partial charge is 0.497 e. The highest BCUT2D eigenvalue weighted by Gasteiger charge is 2.19. The van der Waals surface area contributed by atoms with Gasteiger partial charge >= 0.3 is 0 Å². The molecule has 4 heteroatoms. The Morgan fingerprint density at radius 3 is 2.00 bits per heavy atom. The van der Waals surface area contributed by atoms with Gasteiger partial charge in [-0.1, -0.05) is 27.7 Å². The molecule has 1 rings (SSSR count). The molecule has 0 heterocycles. The molecule has 1 atom stereocenters. The first-order chi connectivity index (χ1) is 10.4. The van der Waals surface area contributed by atoms with Crippen molar-refractivity contribution in [2.24, 2.45) is 11.8 Å². The molecule has 0 radical (unpaired) electrons. The van der Waals surface area contributed by atoms with E-state index in [0.717, 1.165) is 24.4 Å². The van der Waals surface area contributed by atoms with Crippen molar-refractivity contribution >= 4 is 0 Å². The molecule has 0 aromatic heterocycles. The van der Waals surface area contributed by atoms with Crippen LogP contribution in [0.2, 0.25) is 0 Å². The number of hydrogen-bond donors (Lipinski definition) is 1. The molecule has 0 saturated carbocycles. The maximum Gasteiger partial charge on any atom is 0.124 e. The predicted molar refractivity (Wildman–Crippen MR) is 90.6 cm³/mol. The quantitative estimate of drug-likeness (QED) is 0.759. The Balaban J connectivity index is 2.90. The number of hydrogen-bond acceptors (Lipinski definition) is 4. The lowest BCUT2D eigenvalue weighted by Crippen LogP contribution is -2.35. The van der Waals surface area contributed by atoms with Crippen molar-refractivity contribution in [1.29, 1.82) is 0 Å². The molecule has 0 aliphatic heterocycles. The zero-order chi connectivity index (χ0) is 16.7. The summed E-state index contributed by atoms with van der Waals surface area (Å²) in [5.41, 5.74) is 0.777. The highest BCUT2D eigenvalue weighted by Crippen LogP contribution is 2.30. The molecule has 126 valence electrons. The molecular weight excluding hydrogens is 278 g/mol. The third-order valence-corrected chi connectivity index (χ3v) is 3.47. The monoisotopic (exact) mass is 309 g/mol. The molecule has 0 fully saturated rings. The lowest BCUT2D eigenvalue weighted by atomic mass is 10.1. The van der Waals surface area contributed by atoms with Crippen molar-refractivity contribution in [3.05, 3.63) is 23.8 Å². The second-order valence-corrected chi connectivity index (χ2v) is 6.63. The van der Waals surface area contributed by atoms with Crippen LogP contribution >= 0.6 is 0 Å². The fourth-order valence-electron chi connectivity index (χ4n) is 2.70. The maximum absolute atomic E-state index is 10.7. The number of nitrogens with zero attached hydrogens (tertiary/aromatic N) is 1. The van der Waals surface area contributed by atoms with Crippen LogP contribution in [0.1, 0.15) is 39.4 Å². The van der Waals surface area contributed by atoms with E-state index in [4.69, 9.17) is 9.47 Å². The van der Waals surface area contributed by atoms with Crippen LogP contribution in [-0.2, 0) is 0 Å². The summed E-state index contributed by atoms with van der Waals surface area (Å²) in [7, 11) is 3.25. The molecule has 0 saturated heterocycles. The molecule has 4 nitrogen and oxygen atoms in total. The van der Waals surface area contributed by atoms with Crippen LogP contribution in [0.15, 0.2) is 18.2 Å². The zero-order valence-electron chi connectivity index (χ0n) is 14.8. The summed E-state index contributed by atoms with van der Waals surface area (Å²) in [5.74, 6) is 2.56. The summed E-state index contributed by atoms with van der Waals surface area (Å²) in [6, 6.07) is 5.54. The third-order valence-electron chi connectivity index (χ3n) is 3.47. The molecule has 0 aliphatic rings. The SMILES string of the molecule is COc1ccc(OC)c(C(O)CN(CC(C)C)CC(C)C)c1. The van der Waals surface area contributed by atoms with Crippen LogP contribution in [0.5, 0.6) is 11.5 Å². The van der Waals surface area contributed by atoms with Crippen LogP contribution < -0.4 is 9.47 Å². The van der Waals surface area contributed by atoms with Gasteiger partial charge in [-0.15, -0.1) is 0 Å². The van der Waals surface area contributed by atoms with E-state index in [1.165, 1.54) is 0 Å². The highest BCUT2D eigenvalue weighted by molar-refractivity contribution is 5.41. The molecule has 1 unspecified atom stereocenters. The predicted octanol–water partition coefficient (Wildman–Crippen LogP) is 3.35. The second kappa shape index (κ2) is 9.01. The molecule has 0 bridgehead atoms. The molecule has 1 aromatic carbocycles. The summed E-state index contributed by atoms with van der Waals surface area (Å²) < 4.78 is 10.6. The third kappa shape index (κ3) is 5.85. The molecular formula is C18H31NO3. The van der Waals surface area contributed by atoms with Crippen molar-refractivity contribution in [3.63, 3.8) is 0 Å². The molecule has 0 spiro atoms. The van der Waals surface area contributed by atoms with Gasteiger partial charge in [-0.05, 0) is 30.0 Å². The molecule has 1 N–H and O–H groups in total. The Bertz CT molecular complexity index is 436. The van der Waals surface area contributed by atoms with E-state index < -0.39 is 6.10 Å². The van der Waals surface area contributed by atoms with Crippen LogP contribution in [0.25, 0.3) is 0 Å². The number of methoxy groups -OCH3 is 2. The van der Waals surface area contributed by atoms with Gasteiger partial charge in [0.05, 0.1) is 20.3 Å². The highest BCUT2D eigenvalue weighted by atomic mass is 16.5. The van der Waals surface area contributed by atoms with Gasteiger partial charge in [0.25, 0.3) is 0 Å². The fraction of sp³-hybridized carbons (Fsp3) is 0.667. The first-order valence-corrected chi connectivity index (χ1v) is 7.99. The van der Waals surface area contributed by atoms with E-state index in [-0.39, 0.29) is 0 Å².